The van der Waals surface area contributed by atoms with Crippen molar-refractivity contribution in [1.29, 1.82) is 0 Å². The third-order valence-corrected chi connectivity index (χ3v) is 7.24. The van der Waals surface area contributed by atoms with E-state index in [-0.39, 0.29) is 0 Å². The fraction of sp³-hybridized carbons (Fsp3) is 0.0526. The lowest BCUT2D eigenvalue weighted by Crippen LogP contribution is -2.09. The van der Waals surface area contributed by atoms with Crippen LogP contribution in [0.1, 0.15) is 11.1 Å². The molecule has 6 aromatic rings. The molecule has 0 saturated heterocycles. The third kappa shape index (κ3) is 7.33. The molecule has 0 spiro atoms. The molecule has 0 aliphatic heterocycles. The van der Waals surface area contributed by atoms with Crippen molar-refractivity contribution >= 4 is 50.1 Å². The second kappa shape index (κ2) is 13.6. The van der Waals surface area contributed by atoms with Crippen LogP contribution in [0.15, 0.2) is 168 Å². The zero-order chi connectivity index (χ0) is 28.4. The number of para-hydroxylation sites is 3. The molecule has 0 atom stereocenters. The van der Waals surface area contributed by atoms with Gasteiger partial charge in [0.2, 0.25) is 0 Å². The van der Waals surface area contributed by atoms with Gasteiger partial charge in [-0.3, -0.25) is 0 Å². The third-order valence-electron chi connectivity index (χ3n) is 6.71. The first-order chi connectivity index (χ1) is 20.1. The topological polar surface area (TPSA) is 6.48 Å². The lowest BCUT2D eigenvalue weighted by Gasteiger charge is -2.25. The monoisotopic (exact) mass is 596 g/mol. The van der Waals surface area contributed by atoms with Gasteiger partial charge in [-0.25, -0.2) is 0 Å². The van der Waals surface area contributed by atoms with E-state index in [4.69, 9.17) is 0 Å². The van der Waals surface area contributed by atoms with Crippen LogP contribution < -0.4 is 9.80 Å². The standard InChI is InChI=1S/C20H18BrN.C18H15N/c1-15-3-9-18(10-4-15)22(19-11-5-16(2)6-12-19)20-13-7-17(21)8-14-20;1-4-10-16(11-5-1)19(17-12-6-2-7-13-17)18-14-8-3-9-15-18/h3-14H,1-2H3;1-15H. The van der Waals surface area contributed by atoms with E-state index in [1.165, 1.54) is 28.2 Å². The molecule has 2 nitrogen and oxygen atoms in total. The SMILES string of the molecule is Cc1ccc(N(c2ccc(C)cc2)c2ccc(Br)cc2)cc1.c1ccc(N(c2ccccc2)c2ccccc2)cc1. The van der Waals surface area contributed by atoms with Crippen LogP contribution >= 0.6 is 15.9 Å². The van der Waals surface area contributed by atoms with Crippen molar-refractivity contribution in [3.63, 3.8) is 0 Å². The summed E-state index contributed by atoms with van der Waals surface area (Å²) in [4.78, 5) is 4.52. The maximum Gasteiger partial charge on any atom is 0.0462 e. The molecule has 6 rings (SSSR count). The maximum absolute atomic E-state index is 3.51. The van der Waals surface area contributed by atoms with E-state index in [1.807, 2.05) is 18.2 Å². The van der Waals surface area contributed by atoms with Gasteiger partial charge in [0.15, 0.2) is 0 Å². The second-order valence-electron chi connectivity index (χ2n) is 9.82. The predicted octanol–water partition coefficient (Wildman–Crippen LogP) is 11.7. The number of aryl methyl sites for hydroxylation is 2. The summed E-state index contributed by atoms with van der Waals surface area (Å²) in [5.41, 5.74) is 9.51. The minimum atomic E-state index is 1.09. The molecule has 0 amide bonds. The van der Waals surface area contributed by atoms with Crippen LogP contribution in [0.25, 0.3) is 0 Å². The van der Waals surface area contributed by atoms with Gasteiger partial charge in [0.05, 0.1) is 0 Å². The number of anilines is 6. The van der Waals surface area contributed by atoms with Gasteiger partial charge in [0.25, 0.3) is 0 Å². The Morgan fingerprint density at radius 2 is 0.561 bits per heavy atom. The fourth-order valence-electron chi connectivity index (χ4n) is 4.60. The molecule has 0 aliphatic rings. The fourth-order valence-corrected chi connectivity index (χ4v) is 4.87. The second-order valence-corrected chi connectivity index (χ2v) is 10.7. The first-order valence-corrected chi connectivity index (χ1v) is 14.5. The minimum absolute atomic E-state index is 1.09. The highest BCUT2D eigenvalue weighted by atomic mass is 79.9. The van der Waals surface area contributed by atoms with Crippen LogP contribution in [-0.4, -0.2) is 0 Å². The first kappa shape index (κ1) is 27.9. The molecule has 0 radical (unpaired) electrons. The van der Waals surface area contributed by atoms with Crippen molar-refractivity contribution in [2.45, 2.75) is 13.8 Å². The van der Waals surface area contributed by atoms with Crippen LogP contribution in [0, 0.1) is 13.8 Å². The normalized spacial score (nSPS) is 10.3. The molecular formula is C38H33BrN2. The van der Waals surface area contributed by atoms with Crippen molar-refractivity contribution in [3.05, 3.63) is 179 Å². The van der Waals surface area contributed by atoms with E-state index < -0.39 is 0 Å². The number of hydrogen-bond acceptors (Lipinski definition) is 2. The van der Waals surface area contributed by atoms with Crippen molar-refractivity contribution < 1.29 is 0 Å². The molecule has 202 valence electrons. The lowest BCUT2D eigenvalue weighted by atomic mass is 10.1. The van der Waals surface area contributed by atoms with E-state index in [2.05, 4.69) is 185 Å². The summed E-state index contributed by atoms with van der Waals surface area (Å²) in [6.07, 6.45) is 0. The highest BCUT2D eigenvalue weighted by Crippen LogP contribution is 2.35. The number of rotatable bonds is 6. The van der Waals surface area contributed by atoms with Crippen molar-refractivity contribution in [2.75, 3.05) is 9.80 Å². The quantitative estimate of drug-likeness (QED) is 0.188. The molecule has 0 fully saturated rings. The first-order valence-electron chi connectivity index (χ1n) is 13.7. The Labute approximate surface area is 252 Å². The molecule has 41 heavy (non-hydrogen) atoms. The van der Waals surface area contributed by atoms with Gasteiger partial charge >= 0.3 is 0 Å². The van der Waals surface area contributed by atoms with Gasteiger partial charge in [-0.1, -0.05) is 106 Å². The molecule has 0 aliphatic carbocycles. The molecule has 0 heterocycles. The van der Waals surface area contributed by atoms with Gasteiger partial charge in [0, 0.05) is 38.6 Å². The highest BCUT2D eigenvalue weighted by molar-refractivity contribution is 9.10. The van der Waals surface area contributed by atoms with Crippen molar-refractivity contribution in [2.24, 2.45) is 0 Å². The van der Waals surface area contributed by atoms with E-state index in [0.29, 0.717) is 0 Å². The van der Waals surface area contributed by atoms with Gasteiger partial charge < -0.3 is 9.80 Å². The Bertz CT molecular complexity index is 1410. The van der Waals surface area contributed by atoms with Crippen molar-refractivity contribution in [1.82, 2.24) is 0 Å². The molecule has 0 saturated carbocycles. The summed E-state index contributed by atoms with van der Waals surface area (Å²) in [5, 5.41) is 0. The predicted molar refractivity (Wildman–Crippen MR) is 179 cm³/mol. The highest BCUT2D eigenvalue weighted by Gasteiger charge is 2.12. The van der Waals surface area contributed by atoms with Crippen molar-refractivity contribution in [3.8, 4) is 0 Å². The number of nitrogens with zero attached hydrogens (tertiary/aromatic N) is 2. The Hall–Kier alpha value is -4.60. The van der Waals surface area contributed by atoms with Crippen LogP contribution in [0.3, 0.4) is 0 Å². The van der Waals surface area contributed by atoms with E-state index in [0.717, 1.165) is 21.5 Å². The number of hydrogen-bond donors (Lipinski definition) is 0. The number of benzene rings is 6. The molecule has 0 unspecified atom stereocenters. The summed E-state index contributed by atoms with van der Waals surface area (Å²) < 4.78 is 1.09. The molecule has 3 heteroatoms. The Balaban J connectivity index is 0.000000166. The van der Waals surface area contributed by atoms with Gasteiger partial charge in [0.1, 0.15) is 0 Å². The Morgan fingerprint density at radius 1 is 0.317 bits per heavy atom. The average molecular weight is 598 g/mol. The lowest BCUT2D eigenvalue weighted by molar-refractivity contribution is 1.27. The summed E-state index contributed by atoms with van der Waals surface area (Å²) in [6.45, 7) is 4.22. The minimum Gasteiger partial charge on any atom is -0.311 e. The summed E-state index contributed by atoms with van der Waals surface area (Å²) in [5.74, 6) is 0. The summed E-state index contributed by atoms with van der Waals surface area (Å²) >= 11 is 3.51. The van der Waals surface area contributed by atoms with Crippen LogP contribution in [0.5, 0.6) is 0 Å². The maximum atomic E-state index is 3.51. The van der Waals surface area contributed by atoms with E-state index in [9.17, 15) is 0 Å². The average Bonchev–Trinajstić information content (AvgIpc) is 3.02. The summed E-state index contributed by atoms with van der Waals surface area (Å²) in [6, 6.07) is 56.9. The zero-order valence-corrected chi connectivity index (χ0v) is 24.9. The molecule has 0 bridgehead atoms. The smallest absolute Gasteiger partial charge is 0.0462 e. The Kier molecular flexibility index (Phi) is 9.30. The van der Waals surface area contributed by atoms with E-state index in [1.54, 1.807) is 0 Å². The summed E-state index contributed by atoms with van der Waals surface area (Å²) in [7, 11) is 0. The van der Waals surface area contributed by atoms with Crippen LogP contribution in [0.2, 0.25) is 0 Å². The molecular weight excluding hydrogens is 564 g/mol. The molecule has 0 N–H and O–H groups in total. The van der Waals surface area contributed by atoms with Gasteiger partial charge in [-0.2, -0.15) is 0 Å². The van der Waals surface area contributed by atoms with E-state index >= 15 is 0 Å². The largest absolute Gasteiger partial charge is 0.311 e. The molecule has 0 aromatic heterocycles. The van der Waals surface area contributed by atoms with Crippen LogP contribution in [-0.2, 0) is 0 Å². The van der Waals surface area contributed by atoms with Crippen LogP contribution in [0.4, 0.5) is 34.1 Å². The van der Waals surface area contributed by atoms with Gasteiger partial charge in [-0.05, 0) is 98.8 Å². The van der Waals surface area contributed by atoms with Gasteiger partial charge in [-0.15, -0.1) is 0 Å². The number of halogens is 1. The zero-order valence-electron chi connectivity index (χ0n) is 23.4. The molecule has 6 aromatic carbocycles. The Morgan fingerprint density at radius 3 is 0.854 bits per heavy atom.